The average Bonchev–Trinajstić information content (AvgIpc) is 3.38. The van der Waals surface area contributed by atoms with Crippen molar-refractivity contribution in [3.8, 4) is 11.5 Å². The number of fused-ring (bicyclic) bond motifs is 1. The van der Waals surface area contributed by atoms with E-state index in [0.717, 1.165) is 42.1 Å². The minimum Gasteiger partial charge on any atom is -0.490 e. The Labute approximate surface area is 231 Å². The number of ether oxygens (including phenoxy) is 3. The van der Waals surface area contributed by atoms with Crippen LogP contribution in [0.3, 0.4) is 0 Å². The Morgan fingerprint density at radius 1 is 1.13 bits per heavy atom. The second-order valence-electron chi connectivity index (χ2n) is 9.61. The Balaban J connectivity index is 1.46. The molecule has 1 aliphatic heterocycles. The predicted molar refractivity (Wildman–Crippen MR) is 148 cm³/mol. The fourth-order valence-electron chi connectivity index (χ4n) is 5.13. The van der Waals surface area contributed by atoms with Gasteiger partial charge in [-0.3, -0.25) is 0 Å². The molecule has 5 rings (SSSR count). The molecule has 2 aliphatic rings. The first-order valence-electron chi connectivity index (χ1n) is 13.3. The van der Waals surface area contributed by atoms with E-state index in [1.165, 1.54) is 18.3 Å². The van der Waals surface area contributed by atoms with E-state index in [-0.39, 0.29) is 12.1 Å². The molecule has 1 saturated carbocycles. The van der Waals surface area contributed by atoms with Gasteiger partial charge in [0.1, 0.15) is 18.5 Å². The standard InChI is InChI=1S/C29H33BrN4O4/c1-3-36-24-17-21(16-23(30)27(24)37-15-14-20-10-6-4-7-11-20)26-25(19(2)33-29-31-18-32-34(26)29)28(35)38-22-12-8-5-9-13-22/h4,6-7,10-11,16-18,22,26H,3,5,8-9,12-15H2,1-2H3,(H,31,32,33). The number of anilines is 1. The summed E-state index contributed by atoms with van der Waals surface area (Å²) >= 11 is 3.71. The summed E-state index contributed by atoms with van der Waals surface area (Å²) in [7, 11) is 0. The summed E-state index contributed by atoms with van der Waals surface area (Å²) in [4.78, 5) is 17.9. The Hall–Kier alpha value is -3.33. The molecular weight excluding hydrogens is 548 g/mol. The molecule has 2 heterocycles. The average molecular weight is 582 g/mol. The lowest BCUT2D eigenvalue weighted by atomic mass is 9.94. The van der Waals surface area contributed by atoms with E-state index in [1.807, 2.05) is 44.2 Å². The van der Waals surface area contributed by atoms with Crippen molar-refractivity contribution in [2.75, 3.05) is 18.5 Å². The quantitative estimate of drug-likeness (QED) is 0.300. The number of carbonyl (C=O) groups is 1. The third kappa shape index (κ3) is 5.72. The molecule has 1 aliphatic carbocycles. The van der Waals surface area contributed by atoms with E-state index in [9.17, 15) is 4.79 Å². The molecule has 8 nitrogen and oxygen atoms in total. The van der Waals surface area contributed by atoms with Crippen LogP contribution in [-0.2, 0) is 16.0 Å². The number of rotatable bonds is 9. The lowest BCUT2D eigenvalue weighted by molar-refractivity contribution is -0.146. The molecular formula is C29H33BrN4O4. The van der Waals surface area contributed by atoms with Crippen LogP contribution in [0, 0.1) is 0 Å². The van der Waals surface area contributed by atoms with E-state index in [0.29, 0.717) is 41.9 Å². The van der Waals surface area contributed by atoms with Crippen molar-refractivity contribution in [2.45, 2.75) is 64.5 Å². The van der Waals surface area contributed by atoms with Crippen molar-refractivity contribution >= 4 is 27.8 Å². The maximum atomic E-state index is 13.6. The molecule has 200 valence electrons. The van der Waals surface area contributed by atoms with Crippen LogP contribution in [-0.4, -0.2) is 40.1 Å². The van der Waals surface area contributed by atoms with Crippen molar-refractivity contribution in [1.29, 1.82) is 0 Å². The number of aromatic nitrogens is 3. The fourth-order valence-corrected chi connectivity index (χ4v) is 5.70. The molecule has 1 atom stereocenters. The highest BCUT2D eigenvalue weighted by atomic mass is 79.9. The van der Waals surface area contributed by atoms with Gasteiger partial charge in [-0.25, -0.2) is 9.48 Å². The number of esters is 1. The van der Waals surface area contributed by atoms with Gasteiger partial charge in [0, 0.05) is 12.1 Å². The van der Waals surface area contributed by atoms with Crippen LogP contribution in [0.25, 0.3) is 0 Å². The zero-order valence-corrected chi connectivity index (χ0v) is 23.4. The molecule has 0 radical (unpaired) electrons. The third-order valence-corrected chi connectivity index (χ3v) is 7.56. The highest BCUT2D eigenvalue weighted by Crippen LogP contribution is 2.43. The fraction of sp³-hybridized carbons (Fsp3) is 0.414. The van der Waals surface area contributed by atoms with Crippen LogP contribution < -0.4 is 14.8 Å². The summed E-state index contributed by atoms with van der Waals surface area (Å²) in [5, 5.41) is 7.67. The van der Waals surface area contributed by atoms with Gasteiger partial charge < -0.3 is 19.5 Å². The summed E-state index contributed by atoms with van der Waals surface area (Å²) < 4.78 is 20.7. The second kappa shape index (κ2) is 12.0. The van der Waals surface area contributed by atoms with Crippen molar-refractivity contribution in [1.82, 2.24) is 14.8 Å². The second-order valence-corrected chi connectivity index (χ2v) is 10.5. The molecule has 0 saturated heterocycles. The van der Waals surface area contributed by atoms with E-state index >= 15 is 0 Å². The number of halogens is 1. The molecule has 1 N–H and O–H groups in total. The van der Waals surface area contributed by atoms with Crippen LogP contribution in [0.15, 0.2) is 64.5 Å². The summed E-state index contributed by atoms with van der Waals surface area (Å²) in [6, 6.07) is 13.6. The number of nitrogens with one attached hydrogen (secondary N) is 1. The molecule has 0 amide bonds. The normalized spacial score (nSPS) is 17.5. The highest BCUT2D eigenvalue weighted by molar-refractivity contribution is 9.10. The highest BCUT2D eigenvalue weighted by Gasteiger charge is 2.36. The van der Waals surface area contributed by atoms with E-state index in [1.54, 1.807) is 4.68 Å². The number of hydrogen-bond donors (Lipinski definition) is 1. The number of benzene rings is 2. The van der Waals surface area contributed by atoms with Crippen LogP contribution in [0.4, 0.5) is 5.95 Å². The summed E-state index contributed by atoms with van der Waals surface area (Å²) in [6.07, 6.45) is 7.37. The first-order chi connectivity index (χ1) is 18.5. The van der Waals surface area contributed by atoms with Gasteiger partial charge in [-0.2, -0.15) is 10.1 Å². The number of carbonyl (C=O) groups excluding carboxylic acids is 1. The zero-order chi connectivity index (χ0) is 26.5. The van der Waals surface area contributed by atoms with Gasteiger partial charge in [0.05, 0.1) is 23.3 Å². The minimum absolute atomic E-state index is 0.0551. The van der Waals surface area contributed by atoms with Gasteiger partial charge >= 0.3 is 5.97 Å². The summed E-state index contributed by atoms with van der Waals surface area (Å²) in [5.41, 5.74) is 3.24. The predicted octanol–water partition coefficient (Wildman–Crippen LogP) is 6.23. The van der Waals surface area contributed by atoms with Crippen LogP contribution in [0.1, 0.15) is 63.1 Å². The van der Waals surface area contributed by atoms with Gasteiger partial charge in [0.2, 0.25) is 5.95 Å². The first kappa shape index (κ1) is 26.3. The molecule has 1 unspecified atom stereocenters. The van der Waals surface area contributed by atoms with Gasteiger partial charge in [-0.1, -0.05) is 36.8 Å². The van der Waals surface area contributed by atoms with Crippen LogP contribution >= 0.6 is 15.9 Å². The largest absolute Gasteiger partial charge is 0.490 e. The Kier molecular flexibility index (Phi) is 8.32. The first-order valence-corrected chi connectivity index (χ1v) is 14.1. The van der Waals surface area contributed by atoms with Gasteiger partial charge in [0.25, 0.3) is 0 Å². The molecule has 2 aromatic carbocycles. The summed E-state index contributed by atoms with van der Waals surface area (Å²) in [5.74, 6) is 1.47. The van der Waals surface area contributed by atoms with Gasteiger partial charge in [0.15, 0.2) is 11.5 Å². The molecule has 1 aromatic heterocycles. The maximum absolute atomic E-state index is 13.6. The minimum atomic E-state index is -0.529. The molecule has 0 bridgehead atoms. The van der Waals surface area contributed by atoms with Crippen LogP contribution in [0.5, 0.6) is 11.5 Å². The van der Waals surface area contributed by atoms with E-state index < -0.39 is 6.04 Å². The van der Waals surface area contributed by atoms with Gasteiger partial charge in [-0.15, -0.1) is 0 Å². The smallest absolute Gasteiger partial charge is 0.338 e. The third-order valence-electron chi connectivity index (χ3n) is 6.97. The number of nitrogens with zero attached hydrogens (tertiary/aromatic N) is 3. The number of hydrogen-bond acceptors (Lipinski definition) is 7. The molecule has 9 heteroatoms. The molecule has 1 fully saturated rings. The van der Waals surface area contributed by atoms with Gasteiger partial charge in [-0.05, 0) is 78.7 Å². The lowest BCUT2D eigenvalue weighted by Gasteiger charge is -2.30. The Morgan fingerprint density at radius 2 is 1.92 bits per heavy atom. The van der Waals surface area contributed by atoms with E-state index in [4.69, 9.17) is 14.2 Å². The Bertz CT molecular complexity index is 1300. The Morgan fingerprint density at radius 3 is 2.68 bits per heavy atom. The lowest BCUT2D eigenvalue weighted by Crippen LogP contribution is -2.32. The maximum Gasteiger partial charge on any atom is 0.338 e. The zero-order valence-electron chi connectivity index (χ0n) is 21.8. The topological polar surface area (TPSA) is 87.5 Å². The molecule has 3 aromatic rings. The SMILES string of the molecule is CCOc1cc(C2C(C(=O)OC3CCCCC3)=C(C)Nc3ncnn32)cc(Br)c1OCCc1ccccc1. The van der Waals surface area contributed by atoms with Crippen molar-refractivity contribution in [3.05, 3.63) is 75.7 Å². The van der Waals surface area contributed by atoms with Crippen molar-refractivity contribution in [3.63, 3.8) is 0 Å². The van der Waals surface area contributed by atoms with Crippen molar-refractivity contribution in [2.24, 2.45) is 0 Å². The van der Waals surface area contributed by atoms with Crippen molar-refractivity contribution < 1.29 is 19.0 Å². The summed E-state index contributed by atoms with van der Waals surface area (Å²) in [6.45, 7) is 4.78. The molecule has 38 heavy (non-hydrogen) atoms. The van der Waals surface area contributed by atoms with E-state index in [2.05, 4.69) is 43.5 Å². The molecule has 0 spiro atoms. The number of allylic oxidation sites excluding steroid dienone is 1. The van der Waals surface area contributed by atoms with Crippen LogP contribution in [0.2, 0.25) is 0 Å². The monoisotopic (exact) mass is 580 g/mol.